The van der Waals surface area contributed by atoms with Crippen LogP contribution in [-0.2, 0) is 11.2 Å². The molecular formula is C20H22FNO2. The molecule has 0 bridgehead atoms. The average molecular weight is 327 g/mol. The van der Waals surface area contributed by atoms with E-state index in [1.54, 1.807) is 4.90 Å². The molecule has 3 nitrogen and oxygen atoms in total. The monoisotopic (exact) mass is 327 g/mol. The quantitative estimate of drug-likeness (QED) is 0.854. The number of hydrogen-bond donors (Lipinski definition) is 0. The van der Waals surface area contributed by atoms with Gasteiger partial charge in [-0.1, -0.05) is 24.3 Å². The first-order valence-electron chi connectivity index (χ1n) is 8.24. The van der Waals surface area contributed by atoms with E-state index >= 15 is 0 Å². The van der Waals surface area contributed by atoms with Crippen molar-refractivity contribution in [3.8, 4) is 5.75 Å². The number of ether oxygens (including phenoxy) is 1. The number of carbonyl (C=O) groups excluding carboxylic acids is 1. The molecule has 2 aromatic rings. The van der Waals surface area contributed by atoms with Crippen LogP contribution in [0.1, 0.15) is 35.2 Å². The molecule has 0 aromatic heterocycles. The second-order valence-corrected chi connectivity index (χ2v) is 6.37. The van der Waals surface area contributed by atoms with Crippen LogP contribution in [0.15, 0.2) is 36.4 Å². The number of amides is 1. The van der Waals surface area contributed by atoms with Crippen LogP contribution in [-0.4, -0.2) is 24.0 Å². The van der Waals surface area contributed by atoms with Crippen molar-refractivity contribution in [2.45, 2.75) is 33.2 Å². The smallest absolute Gasteiger partial charge is 0.261 e. The number of rotatable bonds is 3. The highest BCUT2D eigenvalue weighted by molar-refractivity contribution is 5.78. The van der Waals surface area contributed by atoms with Gasteiger partial charge in [-0.25, -0.2) is 4.39 Å². The lowest BCUT2D eigenvalue weighted by atomic mass is 9.93. The summed E-state index contributed by atoms with van der Waals surface area (Å²) >= 11 is 0. The summed E-state index contributed by atoms with van der Waals surface area (Å²) in [6, 6.07) is 10.6. The number of benzene rings is 2. The molecule has 4 heteroatoms. The van der Waals surface area contributed by atoms with Crippen molar-refractivity contribution in [3.63, 3.8) is 0 Å². The van der Waals surface area contributed by atoms with Gasteiger partial charge in [-0.05, 0) is 61.6 Å². The molecule has 1 aliphatic rings. The van der Waals surface area contributed by atoms with Crippen LogP contribution in [0.4, 0.5) is 4.39 Å². The fraction of sp³-hybridized carbons (Fsp3) is 0.350. The molecule has 0 radical (unpaired) electrons. The topological polar surface area (TPSA) is 29.5 Å². The van der Waals surface area contributed by atoms with Gasteiger partial charge in [0.2, 0.25) is 0 Å². The molecule has 0 N–H and O–H groups in total. The van der Waals surface area contributed by atoms with Crippen LogP contribution in [0.2, 0.25) is 0 Å². The summed E-state index contributed by atoms with van der Waals surface area (Å²) in [6.07, 6.45) is 0.745. The van der Waals surface area contributed by atoms with E-state index in [4.69, 9.17) is 4.74 Å². The Morgan fingerprint density at radius 2 is 1.96 bits per heavy atom. The molecule has 1 amide bonds. The van der Waals surface area contributed by atoms with Crippen LogP contribution < -0.4 is 4.74 Å². The molecular weight excluding hydrogens is 305 g/mol. The van der Waals surface area contributed by atoms with Crippen LogP contribution in [0.3, 0.4) is 0 Å². The number of para-hydroxylation sites is 1. The molecule has 24 heavy (non-hydrogen) atoms. The van der Waals surface area contributed by atoms with Gasteiger partial charge in [0, 0.05) is 6.54 Å². The third kappa shape index (κ3) is 3.14. The van der Waals surface area contributed by atoms with Crippen molar-refractivity contribution in [1.82, 2.24) is 4.90 Å². The highest BCUT2D eigenvalue weighted by atomic mass is 19.1. The zero-order valence-corrected chi connectivity index (χ0v) is 14.3. The second kappa shape index (κ2) is 6.63. The Labute approximate surface area is 142 Å². The summed E-state index contributed by atoms with van der Waals surface area (Å²) in [7, 11) is 0. The number of halogens is 1. The van der Waals surface area contributed by atoms with E-state index in [-0.39, 0.29) is 24.4 Å². The van der Waals surface area contributed by atoms with Crippen molar-refractivity contribution in [3.05, 3.63) is 64.5 Å². The highest BCUT2D eigenvalue weighted by Gasteiger charge is 2.28. The molecule has 1 atom stereocenters. The van der Waals surface area contributed by atoms with E-state index in [9.17, 15) is 9.18 Å². The fourth-order valence-electron chi connectivity index (χ4n) is 3.37. The summed E-state index contributed by atoms with van der Waals surface area (Å²) in [5, 5.41) is 0. The number of aryl methyl sites for hydroxylation is 2. The van der Waals surface area contributed by atoms with E-state index in [0.717, 1.165) is 34.4 Å². The fourth-order valence-corrected chi connectivity index (χ4v) is 3.37. The third-order valence-electron chi connectivity index (χ3n) is 4.72. The molecule has 0 aliphatic carbocycles. The van der Waals surface area contributed by atoms with E-state index < -0.39 is 0 Å². The predicted octanol–water partition coefficient (Wildman–Crippen LogP) is 3.97. The van der Waals surface area contributed by atoms with Crippen molar-refractivity contribution < 1.29 is 13.9 Å². The molecule has 0 fully saturated rings. The maximum atomic E-state index is 13.5. The number of fused-ring (bicyclic) bond motifs is 1. The van der Waals surface area contributed by atoms with Gasteiger partial charge in [-0.3, -0.25) is 4.79 Å². The Morgan fingerprint density at radius 1 is 1.25 bits per heavy atom. The first-order valence-corrected chi connectivity index (χ1v) is 8.24. The van der Waals surface area contributed by atoms with Gasteiger partial charge in [-0.2, -0.15) is 0 Å². The van der Waals surface area contributed by atoms with Gasteiger partial charge in [0.25, 0.3) is 5.91 Å². The molecule has 126 valence electrons. The first kappa shape index (κ1) is 16.5. The van der Waals surface area contributed by atoms with Gasteiger partial charge < -0.3 is 9.64 Å². The maximum absolute atomic E-state index is 13.5. The van der Waals surface area contributed by atoms with Gasteiger partial charge in [0.05, 0.1) is 6.04 Å². The maximum Gasteiger partial charge on any atom is 0.261 e. The Balaban J connectivity index is 1.72. The SMILES string of the molecule is Cc1cccc(C)c1OCC(=O)N1CCc2ccc(F)cc2C1C. The van der Waals surface area contributed by atoms with Crippen molar-refractivity contribution in [2.75, 3.05) is 13.2 Å². The largest absolute Gasteiger partial charge is 0.483 e. The first-order chi connectivity index (χ1) is 11.5. The normalized spacial score (nSPS) is 16.7. The van der Waals surface area contributed by atoms with Crippen LogP contribution in [0, 0.1) is 19.7 Å². The molecule has 0 saturated heterocycles. The van der Waals surface area contributed by atoms with E-state index in [1.807, 2.05) is 45.0 Å². The minimum atomic E-state index is -0.262. The average Bonchev–Trinajstić information content (AvgIpc) is 2.55. The van der Waals surface area contributed by atoms with Crippen molar-refractivity contribution in [1.29, 1.82) is 0 Å². The number of nitrogens with zero attached hydrogens (tertiary/aromatic N) is 1. The standard InChI is InChI=1S/C20H22FNO2/c1-13-5-4-6-14(2)20(13)24-12-19(23)22-10-9-16-7-8-17(21)11-18(16)15(22)3/h4-8,11,15H,9-10,12H2,1-3H3. The Hall–Kier alpha value is -2.36. The van der Waals surface area contributed by atoms with Crippen molar-refractivity contribution in [2.24, 2.45) is 0 Å². The molecule has 1 heterocycles. The van der Waals surface area contributed by atoms with E-state index in [1.165, 1.54) is 12.1 Å². The Morgan fingerprint density at radius 3 is 2.67 bits per heavy atom. The second-order valence-electron chi connectivity index (χ2n) is 6.37. The molecule has 0 saturated carbocycles. The van der Waals surface area contributed by atoms with Crippen LogP contribution in [0.5, 0.6) is 5.75 Å². The molecule has 0 spiro atoms. The van der Waals surface area contributed by atoms with Crippen molar-refractivity contribution >= 4 is 5.91 Å². The summed E-state index contributed by atoms with van der Waals surface area (Å²) in [5.41, 5.74) is 4.04. The summed E-state index contributed by atoms with van der Waals surface area (Å²) in [4.78, 5) is 14.4. The zero-order chi connectivity index (χ0) is 17.3. The van der Waals surface area contributed by atoms with Gasteiger partial charge in [0.1, 0.15) is 11.6 Å². The summed E-state index contributed by atoms with van der Waals surface area (Å²) < 4.78 is 19.3. The lowest BCUT2D eigenvalue weighted by Crippen LogP contribution is -2.41. The molecule has 3 rings (SSSR count). The van der Waals surface area contributed by atoms with Gasteiger partial charge >= 0.3 is 0 Å². The van der Waals surface area contributed by atoms with Gasteiger partial charge in [-0.15, -0.1) is 0 Å². The van der Waals surface area contributed by atoms with E-state index in [2.05, 4.69) is 0 Å². The Kier molecular flexibility index (Phi) is 4.56. The number of carbonyl (C=O) groups is 1. The highest BCUT2D eigenvalue weighted by Crippen LogP contribution is 2.30. The third-order valence-corrected chi connectivity index (χ3v) is 4.72. The van der Waals surface area contributed by atoms with E-state index in [0.29, 0.717) is 6.54 Å². The minimum absolute atomic E-state index is 0.000677. The van der Waals surface area contributed by atoms with Gasteiger partial charge in [0.15, 0.2) is 6.61 Å². The lowest BCUT2D eigenvalue weighted by Gasteiger charge is -2.35. The zero-order valence-electron chi connectivity index (χ0n) is 14.3. The van der Waals surface area contributed by atoms with Crippen LogP contribution in [0.25, 0.3) is 0 Å². The lowest BCUT2D eigenvalue weighted by molar-refractivity contribution is -0.136. The number of hydrogen-bond acceptors (Lipinski definition) is 2. The molecule has 1 aliphatic heterocycles. The Bertz CT molecular complexity index is 752. The summed E-state index contributed by atoms with van der Waals surface area (Å²) in [6.45, 7) is 6.51. The molecule has 2 aromatic carbocycles. The molecule has 1 unspecified atom stereocenters. The predicted molar refractivity (Wildman–Crippen MR) is 91.6 cm³/mol. The minimum Gasteiger partial charge on any atom is -0.483 e. The van der Waals surface area contributed by atoms with Crippen LogP contribution >= 0.6 is 0 Å². The summed E-state index contributed by atoms with van der Waals surface area (Å²) in [5.74, 6) is 0.434.